The summed E-state index contributed by atoms with van der Waals surface area (Å²) in [6, 6.07) is 3.47. The van der Waals surface area contributed by atoms with E-state index < -0.39 is 26.8 Å². The van der Waals surface area contributed by atoms with Crippen molar-refractivity contribution < 1.29 is 22.5 Å². The van der Waals surface area contributed by atoms with E-state index >= 15 is 0 Å². The van der Waals surface area contributed by atoms with Gasteiger partial charge in [0.1, 0.15) is 23.4 Å². The first-order chi connectivity index (χ1) is 11.2. The summed E-state index contributed by atoms with van der Waals surface area (Å²) < 4.78 is 39.4. The molecule has 1 aromatic carbocycles. The average Bonchev–Trinajstić information content (AvgIpc) is 2.86. The molecule has 7 heteroatoms. The fraction of sp³-hybridized carbons (Fsp3) is 0.412. The van der Waals surface area contributed by atoms with Crippen LogP contribution < -0.4 is 0 Å². The van der Waals surface area contributed by atoms with Crippen molar-refractivity contribution in [3.63, 3.8) is 0 Å². The van der Waals surface area contributed by atoms with Gasteiger partial charge in [-0.05, 0) is 30.6 Å². The van der Waals surface area contributed by atoms with E-state index in [0.29, 0.717) is 6.29 Å². The highest BCUT2D eigenvalue weighted by Crippen LogP contribution is 2.40. The van der Waals surface area contributed by atoms with Crippen LogP contribution in [0.5, 0.6) is 0 Å². The van der Waals surface area contributed by atoms with Crippen LogP contribution in [0.1, 0.15) is 43.0 Å². The lowest BCUT2D eigenvalue weighted by Gasteiger charge is -2.30. The molecular weight excluding hydrogens is 332 g/mol. The number of aldehydes is 1. The maximum Gasteiger partial charge on any atom is 0.175 e. The number of halogens is 2. The lowest BCUT2D eigenvalue weighted by atomic mass is 9.86. The van der Waals surface area contributed by atoms with Crippen LogP contribution in [-0.4, -0.2) is 20.5 Å². The molecule has 0 spiro atoms. The van der Waals surface area contributed by atoms with Crippen LogP contribution >= 0.6 is 0 Å². The highest BCUT2D eigenvalue weighted by atomic mass is 28.3. The predicted molar refractivity (Wildman–Crippen MR) is 89.4 cm³/mol. The summed E-state index contributed by atoms with van der Waals surface area (Å²) >= 11 is 0. The van der Waals surface area contributed by atoms with Crippen LogP contribution in [0.2, 0.25) is 13.1 Å². The number of benzene rings is 1. The number of nitrogens with zero attached hydrogens (tertiary/aromatic N) is 1. The Bertz CT molecular complexity index is 718. The molecular formula is C17H21F2NO3Si. The van der Waals surface area contributed by atoms with Gasteiger partial charge in [0.25, 0.3) is 0 Å². The van der Waals surface area contributed by atoms with Crippen LogP contribution in [0.15, 0.2) is 22.7 Å². The Morgan fingerprint density at radius 2 is 1.83 bits per heavy atom. The van der Waals surface area contributed by atoms with Gasteiger partial charge in [0, 0.05) is 0 Å². The fourth-order valence-corrected chi connectivity index (χ4v) is 3.52. The van der Waals surface area contributed by atoms with Gasteiger partial charge in [0.05, 0.1) is 11.1 Å². The molecule has 0 fully saturated rings. The van der Waals surface area contributed by atoms with Crippen molar-refractivity contribution in [3.05, 3.63) is 41.2 Å². The van der Waals surface area contributed by atoms with Crippen molar-refractivity contribution in [3.8, 4) is 11.3 Å². The third-order valence-corrected chi connectivity index (χ3v) is 4.32. The Hall–Kier alpha value is -1.86. The highest BCUT2D eigenvalue weighted by Gasteiger charge is 2.35. The molecule has 0 aliphatic heterocycles. The van der Waals surface area contributed by atoms with Crippen molar-refractivity contribution in [1.82, 2.24) is 5.16 Å². The third-order valence-electron chi connectivity index (χ3n) is 3.51. The molecule has 0 radical (unpaired) electrons. The van der Waals surface area contributed by atoms with Crippen molar-refractivity contribution in [1.29, 1.82) is 0 Å². The molecule has 0 amide bonds. The van der Waals surface area contributed by atoms with E-state index in [1.165, 1.54) is 6.07 Å². The van der Waals surface area contributed by atoms with Gasteiger partial charge < -0.3 is 8.95 Å². The first-order valence-electron chi connectivity index (χ1n) is 7.71. The van der Waals surface area contributed by atoms with E-state index in [2.05, 4.69) is 5.16 Å². The smallest absolute Gasteiger partial charge is 0.175 e. The Morgan fingerprint density at radius 1 is 1.25 bits per heavy atom. The molecule has 0 aliphatic carbocycles. The molecule has 1 atom stereocenters. The van der Waals surface area contributed by atoms with Crippen LogP contribution in [0.4, 0.5) is 8.78 Å². The lowest BCUT2D eigenvalue weighted by Crippen LogP contribution is -2.26. The normalized spacial score (nSPS) is 13.3. The monoisotopic (exact) mass is 353 g/mol. The van der Waals surface area contributed by atoms with E-state index in [0.717, 1.165) is 12.1 Å². The number of carbonyl (C=O) groups is 1. The summed E-state index contributed by atoms with van der Waals surface area (Å²) in [6.07, 6.45) is -0.0164. The van der Waals surface area contributed by atoms with E-state index in [1.54, 1.807) is 0 Å². The molecule has 4 nitrogen and oxygen atoms in total. The molecule has 1 heterocycles. The zero-order valence-corrected chi connectivity index (χ0v) is 15.5. The number of hydrogen-bond acceptors (Lipinski definition) is 4. The number of rotatable bonds is 5. The van der Waals surface area contributed by atoms with Crippen molar-refractivity contribution in [2.75, 3.05) is 0 Å². The summed E-state index contributed by atoms with van der Waals surface area (Å²) in [6.45, 7) is 9.80. The summed E-state index contributed by atoms with van der Waals surface area (Å²) in [5, 5.41) is 3.77. The molecule has 1 aromatic heterocycles. The summed E-state index contributed by atoms with van der Waals surface area (Å²) in [5.74, 6) is -1.40. The van der Waals surface area contributed by atoms with E-state index in [9.17, 15) is 13.6 Å². The Labute approximate surface area is 141 Å². The van der Waals surface area contributed by atoms with E-state index in [4.69, 9.17) is 8.95 Å². The first-order valence-corrected chi connectivity index (χ1v) is 10.5. The van der Waals surface area contributed by atoms with Gasteiger partial charge >= 0.3 is 0 Å². The minimum absolute atomic E-state index is 0.0218. The highest BCUT2D eigenvalue weighted by molar-refractivity contribution is 6.48. The molecule has 0 bridgehead atoms. The first kappa shape index (κ1) is 18.5. The number of hydrogen-bond donors (Lipinski definition) is 0. The molecule has 0 saturated carbocycles. The van der Waals surface area contributed by atoms with Gasteiger partial charge in [-0.3, -0.25) is 4.79 Å². The minimum atomic E-state index is -1.47. The second kappa shape index (κ2) is 6.94. The summed E-state index contributed by atoms with van der Waals surface area (Å²) in [5.41, 5.74) is -0.865. The van der Waals surface area contributed by atoms with Gasteiger partial charge in [0.15, 0.2) is 21.1 Å². The standard InChI is InChI=1S/C17H21F2NO3Si/c1-17(2,3)16(23-24(4)5)15-10(9-21)14(20-22-15)13-11(18)7-6-8-12(13)19/h6-9,16,24H,1-5H3. The van der Waals surface area contributed by atoms with Crippen LogP contribution in [-0.2, 0) is 4.43 Å². The summed E-state index contributed by atoms with van der Waals surface area (Å²) in [4.78, 5) is 11.6. The molecule has 0 saturated heterocycles. The fourth-order valence-electron chi connectivity index (χ4n) is 2.45. The van der Waals surface area contributed by atoms with Gasteiger partial charge in [-0.25, -0.2) is 8.78 Å². The maximum atomic E-state index is 14.0. The topological polar surface area (TPSA) is 52.3 Å². The Morgan fingerprint density at radius 3 is 2.29 bits per heavy atom. The number of carbonyl (C=O) groups excluding carboxylic acids is 1. The molecule has 0 N–H and O–H groups in total. The maximum absolute atomic E-state index is 14.0. The predicted octanol–water partition coefficient (Wildman–Crippen LogP) is 4.52. The van der Waals surface area contributed by atoms with Crippen LogP contribution in [0.25, 0.3) is 11.3 Å². The Kier molecular flexibility index (Phi) is 5.34. The molecule has 2 aromatic rings. The molecule has 24 heavy (non-hydrogen) atoms. The molecule has 1 unspecified atom stereocenters. The van der Waals surface area contributed by atoms with Crippen molar-refractivity contribution in [2.45, 2.75) is 40.0 Å². The van der Waals surface area contributed by atoms with Crippen LogP contribution in [0, 0.1) is 17.0 Å². The SMILES string of the molecule is C[SiH](C)OC(c1onc(-c2c(F)cccc2F)c1C=O)C(C)(C)C. The largest absolute Gasteiger partial charge is 0.410 e. The molecule has 130 valence electrons. The van der Waals surface area contributed by atoms with Crippen molar-refractivity contribution in [2.24, 2.45) is 5.41 Å². The average molecular weight is 353 g/mol. The molecule has 2 rings (SSSR count). The Balaban J connectivity index is 2.63. The minimum Gasteiger partial charge on any atom is -0.410 e. The van der Waals surface area contributed by atoms with Gasteiger partial charge in [-0.2, -0.15) is 0 Å². The third kappa shape index (κ3) is 3.62. The second-order valence-corrected chi connectivity index (χ2v) is 9.32. The van der Waals surface area contributed by atoms with Crippen molar-refractivity contribution >= 4 is 15.3 Å². The molecule has 0 aliphatic rings. The summed E-state index contributed by atoms with van der Waals surface area (Å²) in [7, 11) is -1.47. The van der Waals surface area contributed by atoms with Gasteiger partial charge in [0.2, 0.25) is 0 Å². The zero-order chi connectivity index (χ0) is 18.1. The van der Waals surface area contributed by atoms with Gasteiger partial charge in [-0.15, -0.1) is 0 Å². The zero-order valence-electron chi connectivity index (χ0n) is 14.4. The van der Waals surface area contributed by atoms with Crippen LogP contribution in [0.3, 0.4) is 0 Å². The lowest BCUT2D eigenvalue weighted by molar-refractivity contribution is 0.0593. The number of aromatic nitrogens is 1. The second-order valence-electron chi connectivity index (χ2n) is 6.95. The van der Waals surface area contributed by atoms with E-state index in [1.807, 2.05) is 33.9 Å². The van der Waals surface area contributed by atoms with E-state index in [-0.39, 0.29) is 28.0 Å². The van der Waals surface area contributed by atoms with Gasteiger partial charge in [-0.1, -0.05) is 32.0 Å². The quantitative estimate of drug-likeness (QED) is 0.586.